The molecule has 17 N–H and O–H groups in total. The molecule has 1 unspecified atom stereocenters. The van der Waals surface area contributed by atoms with Gasteiger partial charge in [0, 0.05) is 187 Å². The van der Waals surface area contributed by atoms with Crippen LogP contribution < -0.4 is 33.0 Å². The third kappa shape index (κ3) is 40.9. The number of amides is 6. The molecule has 0 aromatic heterocycles. The van der Waals surface area contributed by atoms with Crippen molar-refractivity contribution in [2.45, 2.75) is 13.0 Å². The van der Waals surface area contributed by atoms with Crippen LogP contribution in [0.2, 0.25) is 0 Å². The fourth-order valence-electron chi connectivity index (χ4n) is 11.9. The third-order valence-electron chi connectivity index (χ3n) is 17.5. The molecule has 0 aromatic carbocycles. The van der Waals surface area contributed by atoms with E-state index in [9.17, 15) is 123 Å². The predicted molar refractivity (Wildman–Crippen MR) is 371 cm³/mol. The van der Waals surface area contributed by atoms with Crippen molar-refractivity contribution in [2.75, 3.05) is 275 Å². The lowest BCUT2D eigenvalue weighted by Crippen LogP contribution is -2.58. The predicted octanol–water partition coefficient (Wildman–Crippen LogP) is -11.0. The van der Waals surface area contributed by atoms with Crippen LogP contribution in [0, 0.1) is 5.41 Å². The average molecular weight is 1530 g/mol. The van der Waals surface area contributed by atoms with Gasteiger partial charge in [-0.05, 0) is 5.53 Å². The van der Waals surface area contributed by atoms with Gasteiger partial charge in [0.05, 0.1) is 104 Å². The van der Waals surface area contributed by atoms with Crippen LogP contribution >= 0.6 is 0 Å². The number of nitrogens with two attached hydrogens (primary N) is 2. The van der Waals surface area contributed by atoms with Gasteiger partial charge in [-0.3, -0.25) is 141 Å². The largest absolute Gasteiger partial charge is 0.480 e. The Morgan fingerprint density at radius 3 is 0.804 bits per heavy atom. The highest BCUT2D eigenvalue weighted by Crippen LogP contribution is 2.18. The van der Waals surface area contributed by atoms with E-state index in [1.165, 1.54) is 26.5 Å². The molecular weight excluding hydrogens is 1430 g/mol. The van der Waals surface area contributed by atoms with Gasteiger partial charge in [0.25, 0.3) is 11.8 Å². The van der Waals surface area contributed by atoms with Gasteiger partial charge in [0.2, 0.25) is 23.6 Å². The lowest BCUT2D eigenvalue weighted by molar-refractivity contribution is -0.141. The first-order valence-electron chi connectivity index (χ1n) is 34.3. The van der Waals surface area contributed by atoms with Crippen LogP contribution in [-0.4, -0.2) is 485 Å². The van der Waals surface area contributed by atoms with Gasteiger partial charge in [-0.1, -0.05) is 12.0 Å². The fraction of sp³-hybridized carbons (Fsp3) is 0.750. The van der Waals surface area contributed by atoms with E-state index in [2.05, 4.69) is 31.3 Å². The summed E-state index contributed by atoms with van der Waals surface area (Å²) in [5.41, 5.74) is 7.84. The molecule has 107 heavy (non-hydrogen) atoms. The summed E-state index contributed by atoms with van der Waals surface area (Å²) in [7, 11) is 0. The lowest BCUT2D eigenvalue weighted by Gasteiger charge is -2.36. The molecule has 0 aliphatic carbocycles. The highest BCUT2D eigenvalue weighted by molar-refractivity contribution is 5.88. The molecule has 3 heterocycles. The van der Waals surface area contributed by atoms with Crippen LogP contribution in [0.15, 0.2) is 5.11 Å². The standard InChI is InChI=1S/C60H105N23O24/c1-60(42-82(62)48(87)28-64-46(85)30-70-2-6-72(32-50(89)90)10-14-76(36-54(97)98)15-11-73(7-3-70)33-51(91)92,43-83(63)49(88)29-65-47(86)31-71-4-8-74(34-52(93)94)12-16-77(37-55(99)100)17-13-75(9-5-71)35-53(95)96)41-67-45(84)27-66-59(107)44(26-68-69-61)81-24-22-79(39-57(103)104)20-18-78(38-56(101)102)19-21-80(23-25-81)40-58(105)106/h44H,2-43,62-63H2,1H3,(H,64,85)(H,65,86)(H,66,107)(H,67,84)(H,89,90)(H,91,92)(H,93,94)(H,95,96)(H,97,98)(H,99,100)(H,101,102)(H,103,104)(H,105,106). The summed E-state index contributed by atoms with van der Waals surface area (Å²) < 4.78 is 0. The Labute approximate surface area is 615 Å². The van der Waals surface area contributed by atoms with Gasteiger partial charge in [-0.15, -0.1) is 0 Å². The minimum absolute atomic E-state index is 0.0374. The summed E-state index contributed by atoms with van der Waals surface area (Å²) in [6.07, 6.45) is 0. The quantitative estimate of drug-likeness (QED) is 0.00682. The molecule has 1 atom stereocenters. The molecule has 0 saturated carbocycles. The monoisotopic (exact) mass is 1530 g/mol. The molecule has 3 saturated heterocycles. The first-order chi connectivity index (χ1) is 50.5. The maximum Gasteiger partial charge on any atom is 0.317 e. The van der Waals surface area contributed by atoms with Crippen molar-refractivity contribution in [3.63, 3.8) is 0 Å². The Bertz CT molecular complexity index is 2830. The van der Waals surface area contributed by atoms with Crippen molar-refractivity contribution >= 4 is 89.2 Å². The van der Waals surface area contributed by atoms with Gasteiger partial charge in [0.1, 0.15) is 0 Å². The van der Waals surface area contributed by atoms with Gasteiger partial charge in [0.15, 0.2) is 0 Å². The molecule has 3 aliphatic rings. The summed E-state index contributed by atoms with van der Waals surface area (Å²) in [4.78, 5) is 211. The number of hydrazine groups is 2. The summed E-state index contributed by atoms with van der Waals surface area (Å²) in [5, 5.41) is 102. The first kappa shape index (κ1) is 92.0. The number of hydrogen-bond donors (Lipinski definition) is 15. The second kappa shape index (κ2) is 48.9. The minimum Gasteiger partial charge on any atom is -0.480 e. The minimum atomic E-state index is -1.57. The summed E-state index contributed by atoms with van der Waals surface area (Å²) >= 11 is 0. The van der Waals surface area contributed by atoms with Crippen molar-refractivity contribution < 1.29 is 118 Å². The van der Waals surface area contributed by atoms with Crippen LogP contribution in [0.3, 0.4) is 0 Å². The van der Waals surface area contributed by atoms with E-state index in [0.717, 1.165) is 0 Å². The van der Waals surface area contributed by atoms with Crippen LogP contribution in [0.4, 0.5) is 0 Å². The number of nitrogens with zero attached hydrogens (tertiary/aromatic N) is 17. The summed E-state index contributed by atoms with van der Waals surface area (Å²) in [6.45, 7) is -6.39. The normalized spacial score (nSPS) is 18.2. The first-order valence-corrected chi connectivity index (χ1v) is 34.3. The van der Waals surface area contributed by atoms with Crippen molar-refractivity contribution in [1.82, 2.24) is 90.1 Å². The number of carboxylic acid groups (broad SMARTS) is 9. The zero-order chi connectivity index (χ0) is 79.8. The number of azide groups is 1. The smallest absolute Gasteiger partial charge is 0.317 e. The summed E-state index contributed by atoms with van der Waals surface area (Å²) in [6, 6.07) is -1.36. The van der Waals surface area contributed by atoms with Crippen LogP contribution in [0.5, 0.6) is 0 Å². The Morgan fingerprint density at radius 2 is 0.579 bits per heavy atom. The van der Waals surface area contributed by atoms with E-state index >= 15 is 0 Å². The van der Waals surface area contributed by atoms with E-state index in [4.69, 9.17) is 11.7 Å². The average Bonchev–Trinajstić information content (AvgIpc) is 0.854. The number of aliphatic carboxylic acids is 9. The SMILES string of the molecule is CC(CNC(=O)CNC(=O)C(CN=[N+]=[N-])N1CCN(CC(=O)O)CCN(CC(=O)O)CCN(CC(=O)O)CC1)(CN(N)C(=O)CNC(=O)CN1CCN(CC(=O)O)CCN(CC(=O)O)CCN(CC(=O)O)CC1)CN(N)C(=O)CNC(=O)CN1CCN(CC(=O)O)CCN(CC(=O)O)CCN(CC(=O)O)CC1. The molecule has 0 spiro atoms. The molecule has 0 aromatic rings. The van der Waals surface area contributed by atoms with Crippen LogP contribution in [-0.2, 0) is 71.9 Å². The Kier molecular flexibility index (Phi) is 42.0. The number of carbonyl (C=O) groups excluding carboxylic acids is 6. The molecule has 604 valence electrons. The number of carboxylic acids is 9. The molecule has 3 aliphatic heterocycles. The molecule has 3 fully saturated rings. The lowest BCUT2D eigenvalue weighted by atomic mass is 9.89. The van der Waals surface area contributed by atoms with Gasteiger partial charge >= 0.3 is 53.7 Å². The van der Waals surface area contributed by atoms with Crippen LogP contribution in [0.1, 0.15) is 6.92 Å². The second-order valence-corrected chi connectivity index (χ2v) is 26.4. The van der Waals surface area contributed by atoms with Crippen molar-refractivity contribution in [3.05, 3.63) is 10.4 Å². The number of rotatable bonds is 38. The highest BCUT2D eigenvalue weighted by Gasteiger charge is 2.35. The van der Waals surface area contributed by atoms with Crippen molar-refractivity contribution in [2.24, 2.45) is 22.2 Å². The molecule has 0 radical (unpaired) electrons. The van der Waals surface area contributed by atoms with E-state index < -0.39 is 205 Å². The van der Waals surface area contributed by atoms with E-state index in [-0.39, 0.29) is 170 Å². The van der Waals surface area contributed by atoms with Crippen molar-refractivity contribution in [1.29, 1.82) is 0 Å². The van der Waals surface area contributed by atoms with E-state index in [1.807, 2.05) is 0 Å². The molecule has 0 bridgehead atoms. The maximum atomic E-state index is 14.2. The van der Waals surface area contributed by atoms with Crippen LogP contribution in [0.25, 0.3) is 10.4 Å². The van der Waals surface area contributed by atoms with Gasteiger partial charge in [-0.25, -0.2) is 11.7 Å². The van der Waals surface area contributed by atoms with Gasteiger partial charge < -0.3 is 67.2 Å². The molecule has 6 amide bonds. The third-order valence-corrected chi connectivity index (χ3v) is 17.5. The van der Waals surface area contributed by atoms with Gasteiger partial charge in [-0.2, -0.15) is 0 Å². The number of nitrogens with one attached hydrogen (secondary N) is 4. The Hall–Kier alpha value is -9.20. The van der Waals surface area contributed by atoms with E-state index in [0.29, 0.717) is 10.0 Å². The second-order valence-electron chi connectivity index (χ2n) is 26.4. The Balaban J connectivity index is 1.91. The van der Waals surface area contributed by atoms with E-state index in [1.54, 1.807) is 39.2 Å². The molecule has 47 heteroatoms. The zero-order valence-corrected chi connectivity index (χ0v) is 60.2. The topological polar surface area (TPSA) is 632 Å². The zero-order valence-electron chi connectivity index (χ0n) is 60.2. The Morgan fingerprint density at radius 1 is 0.355 bits per heavy atom. The number of carbonyl (C=O) groups is 15. The molecule has 3 rings (SSSR count). The molecule has 47 nitrogen and oxygen atoms in total. The van der Waals surface area contributed by atoms with Crippen molar-refractivity contribution in [3.8, 4) is 0 Å². The maximum absolute atomic E-state index is 14.2. The summed E-state index contributed by atoms with van der Waals surface area (Å²) in [5.74, 6) is -2.95. The highest BCUT2D eigenvalue weighted by atomic mass is 16.4. The molecular formula is C60H105N23O24. The fourth-order valence-corrected chi connectivity index (χ4v) is 11.9. The number of hydrogen-bond acceptors (Lipinski definition) is 30.